The van der Waals surface area contributed by atoms with Crippen molar-refractivity contribution in [2.24, 2.45) is 0 Å². The van der Waals surface area contributed by atoms with E-state index in [2.05, 4.69) is 24.1 Å². The normalized spacial score (nSPS) is 21.0. The SMILES string of the molecule is CCN(CC1CCCN1)C(C)c1ccc(C(F)(F)F)cc1. The molecule has 1 aliphatic rings. The van der Waals surface area contributed by atoms with Crippen LogP contribution in [0.1, 0.15) is 43.9 Å². The van der Waals surface area contributed by atoms with Gasteiger partial charge in [0, 0.05) is 18.6 Å². The first kappa shape index (κ1) is 16.3. The molecule has 2 rings (SSSR count). The molecule has 0 spiro atoms. The lowest BCUT2D eigenvalue weighted by Crippen LogP contribution is -2.38. The standard InChI is InChI=1S/C16H23F3N2/c1-3-21(11-15-5-4-10-20-15)12(2)13-6-8-14(9-7-13)16(17,18)19/h6-9,12,15,20H,3-5,10-11H2,1-2H3. The molecule has 1 aliphatic heterocycles. The van der Waals surface area contributed by atoms with Gasteiger partial charge in [0.05, 0.1) is 5.56 Å². The molecule has 1 saturated heterocycles. The van der Waals surface area contributed by atoms with Crippen LogP contribution in [0.5, 0.6) is 0 Å². The highest BCUT2D eigenvalue weighted by molar-refractivity contribution is 5.26. The molecule has 2 atom stereocenters. The maximum absolute atomic E-state index is 12.6. The van der Waals surface area contributed by atoms with Gasteiger partial charge in [-0.3, -0.25) is 4.90 Å². The van der Waals surface area contributed by atoms with Gasteiger partial charge in [0.15, 0.2) is 0 Å². The minimum absolute atomic E-state index is 0.125. The van der Waals surface area contributed by atoms with E-state index in [-0.39, 0.29) is 6.04 Å². The Bertz CT molecular complexity index is 436. The topological polar surface area (TPSA) is 15.3 Å². The first-order valence-electron chi connectivity index (χ1n) is 7.56. The summed E-state index contributed by atoms with van der Waals surface area (Å²) < 4.78 is 37.8. The summed E-state index contributed by atoms with van der Waals surface area (Å²) in [6.07, 6.45) is -1.88. The minimum atomic E-state index is -4.26. The van der Waals surface area contributed by atoms with Crippen LogP contribution in [0.3, 0.4) is 0 Å². The van der Waals surface area contributed by atoms with Crippen LogP contribution in [0.25, 0.3) is 0 Å². The van der Waals surface area contributed by atoms with E-state index in [1.165, 1.54) is 25.0 Å². The average molecular weight is 300 g/mol. The average Bonchev–Trinajstić information content (AvgIpc) is 2.96. The lowest BCUT2D eigenvalue weighted by Gasteiger charge is -2.30. The molecule has 21 heavy (non-hydrogen) atoms. The maximum Gasteiger partial charge on any atom is 0.416 e. The van der Waals surface area contributed by atoms with Crippen LogP contribution < -0.4 is 5.32 Å². The van der Waals surface area contributed by atoms with Gasteiger partial charge in [-0.2, -0.15) is 13.2 Å². The second-order valence-corrected chi connectivity index (χ2v) is 5.68. The molecule has 1 fully saturated rings. The summed E-state index contributed by atoms with van der Waals surface area (Å²) >= 11 is 0. The number of nitrogens with one attached hydrogen (secondary N) is 1. The third-order valence-electron chi connectivity index (χ3n) is 4.29. The molecule has 5 heteroatoms. The number of benzene rings is 1. The second-order valence-electron chi connectivity index (χ2n) is 5.68. The van der Waals surface area contributed by atoms with Crippen LogP contribution in [-0.4, -0.2) is 30.6 Å². The molecule has 118 valence electrons. The highest BCUT2D eigenvalue weighted by atomic mass is 19.4. The number of halogens is 3. The Morgan fingerprint density at radius 1 is 1.29 bits per heavy atom. The van der Waals surface area contributed by atoms with Crippen LogP contribution >= 0.6 is 0 Å². The highest BCUT2D eigenvalue weighted by Crippen LogP contribution is 2.30. The van der Waals surface area contributed by atoms with Crippen molar-refractivity contribution in [1.29, 1.82) is 0 Å². The molecule has 1 heterocycles. The van der Waals surface area contributed by atoms with Crippen molar-refractivity contribution in [2.45, 2.75) is 44.9 Å². The monoisotopic (exact) mass is 300 g/mol. The van der Waals surface area contributed by atoms with Crippen molar-refractivity contribution in [3.8, 4) is 0 Å². The summed E-state index contributed by atoms with van der Waals surface area (Å²) in [7, 11) is 0. The van der Waals surface area contributed by atoms with Gasteiger partial charge in [0.25, 0.3) is 0 Å². The van der Waals surface area contributed by atoms with Crippen LogP contribution in [0.4, 0.5) is 13.2 Å². The second kappa shape index (κ2) is 6.79. The zero-order valence-electron chi connectivity index (χ0n) is 12.6. The van der Waals surface area contributed by atoms with Crippen LogP contribution in [-0.2, 0) is 6.18 Å². The minimum Gasteiger partial charge on any atom is -0.313 e. The predicted molar refractivity (Wildman–Crippen MR) is 78.1 cm³/mol. The summed E-state index contributed by atoms with van der Waals surface area (Å²) in [5.74, 6) is 0. The number of hydrogen-bond acceptors (Lipinski definition) is 2. The summed E-state index contributed by atoms with van der Waals surface area (Å²) in [6, 6.07) is 6.17. The lowest BCUT2D eigenvalue weighted by molar-refractivity contribution is -0.137. The fraction of sp³-hybridized carbons (Fsp3) is 0.625. The number of nitrogens with zero attached hydrogens (tertiary/aromatic N) is 1. The number of hydrogen-bond donors (Lipinski definition) is 1. The van der Waals surface area contributed by atoms with Crippen LogP contribution in [0.2, 0.25) is 0 Å². The third-order valence-corrected chi connectivity index (χ3v) is 4.29. The molecule has 1 N–H and O–H groups in total. The summed E-state index contributed by atoms with van der Waals surface area (Å²) in [6.45, 7) is 7.05. The van der Waals surface area contributed by atoms with Gasteiger partial charge in [-0.05, 0) is 50.6 Å². The van der Waals surface area contributed by atoms with Gasteiger partial charge >= 0.3 is 6.18 Å². The van der Waals surface area contributed by atoms with E-state index in [0.29, 0.717) is 6.04 Å². The Kier molecular flexibility index (Phi) is 5.27. The molecule has 2 nitrogen and oxygen atoms in total. The Hall–Kier alpha value is -1.07. The summed E-state index contributed by atoms with van der Waals surface area (Å²) in [4.78, 5) is 2.31. The Morgan fingerprint density at radius 2 is 1.95 bits per heavy atom. The van der Waals surface area contributed by atoms with Gasteiger partial charge in [-0.15, -0.1) is 0 Å². The van der Waals surface area contributed by atoms with Crippen LogP contribution in [0, 0.1) is 0 Å². The molecule has 0 saturated carbocycles. The van der Waals surface area contributed by atoms with Gasteiger partial charge in [0.2, 0.25) is 0 Å². The zero-order chi connectivity index (χ0) is 15.5. The first-order valence-corrected chi connectivity index (χ1v) is 7.56. The van der Waals surface area contributed by atoms with E-state index in [1.807, 2.05) is 0 Å². The van der Waals surface area contributed by atoms with Crippen molar-refractivity contribution in [2.75, 3.05) is 19.6 Å². The zero-order valence-corrected chi connectivity index (χ0v) is 12.6. The first-order chi connectivity index (χ1) is 9.91. The molecular weight excluding hydrogens is 277 g/mol. The molecule has 0 aromatic heterocycles. The van der Waals surface area contributed by atoms with Gasteiger partial charge in [-0.25, -0.2) is 0 Å². The smallest absolute Gasteiger partial charge is 0.313 e. The van der Waals surface area contributed by atoms with Gasteiger partial charge in [-0.1, -0.05) is 19.1 Å². The lowest BCUT2D eigenvalue weighted by atomic mass is 10.0. The molecule has 2 unspecified atom stereocenters. The number of rotatable bonds is 5. The fourth-order valence-corrected chi connectivity index (χ4v) is 2.92. The van der Waals surface area contributed by atoms with E-state index in [9.17, 15) is 13.2 Å². The molecule has 1 aromatic rings. The Labute approximate surface area is 124 Å². The summed E-state index contributed by atoms with van der Waals surface area (Å²) in [5.41, 5.74) is 0.349. The Morgan fingerprint density at radius 3 is 2.43 bits per heavy atom. The molecule has 1 aromatic carbocycles. The highest BCUT2D eigenvalue weighted by Gasteiger charge is 2.30. The predicted octanol–water partition coefficient (Wildman–Crippen LogP) is 3.84. The quantitative estimate of drug-likeness (QED) is 0.889. The molecule has 0 radical (unpaired) electrons. The van der Waals surface area contributed by atoms with E-state index in [0.717, 1.165) is 25.2 Å². The van der Waals surface area contributed by atoms with E-state index >= 15 is 0 Å². The molecule has 0 amide bonds. The maximum atomic E-state index is 12.6. The van der Waals surface area contributed by atoms with E-state index in [1.54, 1.807) is 12.1 Å². The van der Waals surface area contributed by atoms with Gasteiger partial charge in [0.1, 0.15) is 0 Å². The largest absolute Gasteiger partial charge is 0.416 e. The Balaban J connectivity index is 2.04. The van der Waals surface area contributed by atoms with E-state index in [4.69, 9.17) is 0 Å². The van der Waals surface area contributed by atoms with E-state index < -0.39 is 11.7 Å². The fourth-order valence-electron chi connectivity index (χ4n) is 2.92. The van der Waals surface area contributed by atoms with Crippen molar-refractivity contribution in [1.82, 2.24) is 10.2 Å². The molecule has 0 bridgehead atoms. The van der Waals surface area contributed by atoms with Crippen molar-refractivity contribution < 1.29 is 13.2 Å². The van der Waals surface area contributed by atoms with Gasteiger partial charge < -0.3 is 5.32 Å². The third kappa shape index (κ3) is 4.20. The molecule has 0 aliphatic carbocycles. The van der Waals surface area contributed by atoms with Crippen molar-refractivity contribution in [3.63, 3.8) is 0 Å². The number of likely N-dealkylation sites (N-methyl/N-ethyl adjacent to an activating group) is 1. The van der Waals surface area contributed by atoms with Crippen LogP contribution in [0.15, 0.2) is 24.3 Å². The molecular formula is C16H23F3N2. The summed E-state index contributed by atoms with van der Waals surface area (Å²) in [5, 5.41) is 3.47. The van der Waals surface area contributed by atoms with Crippen molar-refractivity contribution >= 4 is 0 Å². The van der Waals surface area contributed by atoms with Crippen molar-refractivity contribution in [3.05, 3.63) is 35.4 Å². The number of alkyl halides is 3.